The Labute approximate surface area is 92.3 Å². The molecule has 0 aliphatic rings. The molecule has 0 aliphatic heterocycles. The van der Waals surface area contributed by atoms with Crippen molar-refractivity contribution >= 4 is 5.82 Å². The second-order valence-corrected chi connectivity index (χ2v) is 3.19. The lowest BCUT2D eigenvalue weighted by atomic mass is 10.2. The van der Waals surface area contributed by atoms with Gasteiger partial charge in [0.25, 0.3) is 0 Å². The molecular formula is C10H10N6. The van der Waals surface area contributed by atoms with E-state index in [9.17, 15) is 0 Å². The van der Waals surface area contributed by atoms with Gasteiger partial charge in [0.2, 0.25) is 0 Å². The zero-order valence-corrected chi connectivity index (χ0v) is 8.68. The molecule has 0 radical (unpaired) electrons. The summed E-state index contributed by atoms with van der Waals surface area (Å²) in [7, 11) is 1.82. The number of rotatable bonds is 2. The van der Waals surface area contributed by atoms with Crippen LogP contribution in [0.2, 0.25) is 0 Å². The summed E-state index contributed by atoms with van der Waals surface area (Å²) in [5.41, 5.74) is 4.39. The van der Waals surface area contributed by atoms with E-state index in [1.807, 2.05) is 19.2 Å². The Kier molecular flexibility index (Phi) is 2.54. The Hall–Kier alpha value is -2.39. The summed E-state index contributed by atoms with van der Waals surface area (Å²) in [5, 5.41) is 12.9. The molecule has 0 aromatic carbocycles. The van der Waals surface area contributed by atoms with E-state index >= 15 is 0 Å². The van der Waals surface area contributed by atoms with Crippen LogP contribution in [0.15, 0.2) is 24.4 Å². The van der Waals surface area contributed by atoms with Gasteiger partial charge in [-0.05, 0) is 18.2 Å². The van der Waals surface area contributed by atoms with Crippen molar-refractivity contribution in [1.82, 2.24) is 14.8 Å². The van der Waals surface area contributed by atoms with Crippen LogP contribution in [0.5, 0.6) is 0 Å². The molecule has 2 aromatic heterocycles. The number of hydrazine groups is 1. The monoisotopic (exact) mass is 214 g/mol. The van der Waals surface area contributed by atoms with Crippen LogP contribution in [-0.2, 0) is 7.05 Å². The van der Waals surface area contributed by atoms with Crippen molar-refractivity contribution in [3.8, 4) is 17.5 Å². The van der Waals surface area contributed by atoms with Crippen molar-refractivity contribution in [3.63, 3.8) is 0 Å². The molecular weight excluding hydrogens is 204 g/mol. The van der Waals surface area contributed by atoms with Gasteiger partial charge in [0, 0.05) is 13.2 Å². The van der Waals surface area contributed by atoms with E-state index in [2.05, 4.69) is 15.5 Å². The molecule has 6 heteroatoms. The molecule has 0 saturated carbocycles. The molecule has 0 atom stereocenters. The molecule has 0 fully saturated rings. The van der Waals surface area contributed by atoms with Gasteiger partial charge in [0.15, 0.2) is 5.82 Å². The number of pyridine rings is 1. The van der Waals surface area contributed by atoms with Crippen LogP contribution in [0.1, 0.15) is 5.56 Å². The van der Waals surface area contributed by atoms with E-state index in [1.165, 1.54) is 0 Å². The third kappa shape index (κ3) is 1.60. The summed E-state index contributed by atoms with van der Waals surface area (Å²) in [6.07, 6.45) is 1.69. The van der Waals surface area contributed by atoms with Crippen LogP contribution in [0, 0.1) is 11.3 Å². The second-order valence-electron chi connectivity index (χ2n) is 3.19. The number of hydrogen-bond donors (Lipinski definition) is 2. The van der Waals surface area contributed by atoms with Gasteiger partial charge in [0.1, 0.15) is 6.07 Å². The highest BCUT2D eigenvalue weighted by Crippen LogP contribution is 2.19. The maximum absolute atomic E-state index is 8.82. The topological polar surface area (TPSA) is 92.5 Å². The highest BCUT2D eigenvalue weighted by atomic mass is 15.3. The summed E-state index contributed by atoms with van der Waals surface area (Å²) >= 11 is 0. The molecule has 0 aliphatic carbocycles. The average molecular weight is 214 g/mol. The van der Waals surface area contributed by atoms with Crippen LogP contribution in [0.3, 0.4) is 0 Å². The largest absolute Gasteiger partial charge is 0.307 e. The summed E-state index contributed by atoms with van der Waals surface area (Å²) in [4.78, 5) is 4.25. The minimum Gasteiger partial charge on any atom is -0.307 e. The second kappa shape index (κ2) is 4.00. The number of anilines is 1. The number of aromatic nitrogens is 3. The fourth-order valence-corrected chi connectivity index (χ4v) is 1.43. The van der Waals surface area contributed by atoms with E-state index in [4.69, 9.17) is 11.1 Å². The summed E-state index contributed by atoms with van der Waals surface area (Å²) < 4.78 is 1.70. The molecule has 6 nitrogen and oxygen atoms in total. The number of nitrogens with zero attached hydrogens (tertiary/aromatic N) is 4. The lowest BCUT2D eigenvalue weighted by molar-refractivity contribution is 0.773. The number of hydrogen-bond acceptors (Lipinski definition) is 5. The highest BCUT2D eigenvalue weighted by Gasteiger charge is 2.08. The lowest BCUT2D eigenvalue weighted by Gasteiger charge is -2.05. The SMILES string of the molecule is Cn1nccc1-c1ccc(C#N)c(NN)n1. The predicted octanol–water partition coefficient (Wildman–Crippen LogP) is 0.639. The van der Waals surface area contributed by atoms with Crippen LogP contribution in [-0.4, -0.2) is 14.8 Å². The first-order chi connectivity index (χ1) is 7.76. The Morgan fingerprint density at radius 3 is 2.81 bits per heavy atom. The van der Waals surface area contributed by atoms with Crippen molar-refractivity contribution in [2.45, 2.75) is 0 Å². The number of nitrogens with one attached hydrogen (secondary N) is 1. The summed E-state index contributed by atoms with van der Waals surface area (Å²) in [6, 6.07) is 7.28. The first-order valence-corrected chi connectivity index (χ1v) is 4.62. The predicted molar refractivity (Wildman–Crippen MR) is 59.0 cm³/mol. The fourth-order valence-electron chi connectivity index (χ4n) is 1.43. The molecule has 2 aromatic rings. The van der Waals surface area contributed by atoms with E-state index in [0.29, 0.717) is 17.1 Å². The Morgan fingerprint density at radius 1 is 1.44 bits per heavy atom. The molecule has 0 bridgehead atoms. The molecule has 0 spiro atoms. The van der Waals surface area contributed by atoms with Crippen LogP contribution in [0.4, 0.5) is 5.82 Å². The molecule has 2 rings (SSSR count). The smallest absolute Gasteiger partial charge is 0.158 e. The number of nitrogen functional groups attached to an aromatic ring is 1. The number of nitrogens with two attached hydrogens (primary N) is 1. The Morgan fingerprint density at radius 2 is 2.25 bits per heavy atom. The summed E-state index contributed by atoms with van der Waals surface area (Å²) in [5.74, 6) is 5.66. The number of nitriles is 1. The molecule has 16 heavy (non-hydrogen) atoms. The maximum atomic E-state index is 8.82. The van der Waals surface area contributed by atoms with Crippen molar-refractivity contribution in [2.24, 2.45) is 12.9 Å². The lowest BCUT2D eigenvalue weighted by Crippen LogP contribution is -2.11. The zero-order valence-electron chi connectivity index (χ0n) is 8.68. The minimum atomic E-state index is 0.362. The number of aryl methyl sites for hydroxylation is 1. The molecule has 2 heterocycles. The van der Waals surface area contributed by atoms with Gasteiger partial charge in [-0.2, -0.15) is 10.4 Å². The first kappa shape index (κ1) is 10.1. The maximum Gasteiger partial charge on any atom is 0.158 e. The zero-order chi connectivity index (χ0) is 11.5. The van der Waals surface area contributed by atoms with Gasteiger partial charge in [-0.25, -0.2) is 10.8 Å². The van der Waals surface area contributed by atoms with Crippen LogP contribution >= 0.6 is 0 Å². The van der Waals surface area contributed by atoms with E-state index in [0.717, 1.165) is 5.69 Å². The Balaban J connectivity index is 2.53. The average Bonchev–Trinajstić information content (AvgIpc) is 2.74. The molecule has 0 amide bonds. The molecule has 0 saturated heterocycles. The molecule has 80 valence electrons. The highest BCUT2D eigenvalue weighted by molar-refractivity contribution is 5.61. The van der Waals surface area contributed by atoms with E-state index in [1.54, 1.807) is 23.0 Å². The fraction of sp³-hybridized carbons (Fsp3) is 0.100. The third-order valence-corrected chi connectivity index (χ3v) is 2.24. The van der Waals surface area contributed by atoms with E-state index < -0.39 is 0 Å². The van der Waals surface area contributed by atoms with Gasteiger partial charge < -0.3 is 5.43 Å². The van der Waals surface area contributed by atoms with Crippen molar-refractivity contribution in [2.75, 3.05) is 5.43 Å². The van der Waals surface area contributed by atoms with Crippen molar-refractivity contribution < 1.29 is 0 Å². The first-order valence-electron chi connectivity index (χ1n) is 4.62. The van der Waals surface area contributed by atoms with Crippen LogP contribution < -0.4 is 11.3 Å². The van der Waals surface area contributed by atoms with Gasteiger partial charge >= 0.3 is 0 Å². The van der Waals surface area contributed by atoms with Crippen LogP contribution in [0.25, 0.3) is 11.4 Å². The van der Waals surface area contributed by atoms with Gasteiger partial charge in [-0.15, -0.1) is 0 Å². The van der Waals surface area contributed by atoms with Gasteiger partial charge in [0.05, 0.1) is 17.0 Å². The minimum absolute atomic E-state index is 0.362. The third-order valence-electron chi connectivity index (χ3n) is 2.24. The molecule has 0 unspecified atom stereocenters. The van der Waals surface area contributed by atoms with Gasteiger partial charge in [-0.3, -0.25) is 4.68 Å². The summed E-state index contributed by atoms with van der Waals surface area (Å²) in [6.45, 7) is 0. The quantitative estimate of drug-likeness (QED) is 0.565. The van der Waals surface area contributed by atoms with Crippen molar-refractivity contribution in [3.05, 3.63) is 30.0 Å². The Bertz CT molecular complexity index is 551. The van der Waals surface area contributed by atoms with E-state index in [-0.39, 0.29) is 0 Å². The van der Waals surface area contributed by atoms with Gasteiger partial charge in [-0.1, -0.05) is 0 Å². The standard InChI is InChI=1S/C10H10N6/c1-16-9(4-5-13-16)8-3-2-7(6-11)10(14-8)15-12/h2-5H,12H2,1H3,(H,14,15). The molecule has 3 N–H and O–H groups in total. The van der Waals surface area contributed by atoms with Crippen molar-refractivity contribution in [1.29, 1.82) is 5.26 Å². The normalized spacial score (nSPS) is 9.81.